The first-order chi connectivity index (χ1) is 26.4. The van der Waals surface area contributed by atoms with Crippen molar-refractivity contribution >= 4 is 0 Å². The smallest absolute Gasteiger partial charge is 0.412 e. The van der Waals surface area contributed by atoms with E-state index in [0.29, 0.717) is 24.2 Å². The zero-order valence-electron chi connectivity index (χ0n) is 38.0. The van der Waals surface area contributed by atoms with Gasteiger partial charge in [-0.25, -0.2) is 74.5 Å². The molecule has 31 heteroatoms. The van der Waals surface area contributed by atoms with Crippen molar-refractivity contribution in [2.75, 3.05) is 52.4 Å². The van der Waals surface area contributed by atoms with Crippen molar-refractivity contribution in [3.63, 3.8) is 0 Å². The molecule has 10 N–H and O–H groups in total. The van der Waals surface area contributed by atoms with E-state index in [9.17, 15) is 0 Å². The maximum atomic E-state index is 8.49. The fraction of sp³-hybridized carbons (Fsp3) is 1.00. The molecule has 0 aromatic heterocycles. The second-order valence-electron chi connectivity index (χ2n) is 17.0. The predicted molar refractivity (Wildman–Crippen MR) is 180 cm³/mol. The topological polar surface area (TPSA) is 497 Å². The van der Waals surface area contributed by atoms with E-state index in [1.807, 2.05) is 0 Å². The van der Waals surface area contributed by atoms with Crippen LogP contribution in [-0.2, 0) is 33.0 Å². The van der Waals surface area contributed by atoms with Crippen molar-refractivity contribution in [3.8, 4) is 0 Å². The second-order valence-corrected chi connectivity index (χ2v) is 20.0. The fourth-order valence-electron chi connectivity index (χ4n) is 6.52. The molecule has 0 saturated carbocycles. The molecule has 0 aliphatic carbocycles. The molecule has 2 saturated heterocycles. The first-order valence-corrected chi connectivity index (χ1v) is 23.7. The van der Waals surface area contributed by atoms with E-state index in [2.05, 4.69) is 126 Å². The van der Waals surface area contributed by atoms with Crippen LogP contribution in [-0.4, -0.2) is 104 Å². The summed E-state index contributed by atoms with van der Waals surface area (Å²) in [5, 5.41) is 29.2. The molecule has 0 amide bonds. The summed E-state index contributed by atoms with van der Waals surface area (Å²) in [6.07, 6.45) is 4.58. The van der Waals surface area contributed by atoms with E-state index < -0.39 is 41.0 Å². The van der Waals surface area contributed by atoms with Crippen molar-refractivity contribution < 1.29 is 154 Å². The molecule has 0 unspecified atom stereocenters. The van der Waals surface area contributed by atoms with Gasteiger partial charge in [-0.05, 0) is 109 Å². The molecule has 0 aromatic rings. The van der Waals surface area contributed by atoms with Crippen LogP contribution in [0.3, 0.4) is 0 Å². The van der Waals surface area contributed by atoms with Crippen molar-refractivity contribution in [3.05, 3.63) is 0 Å². The number of halogens is 4. The van der Waals surface area contributed by atoms with Gasteiger partial charge in [-0.1, -0.05) is 0 Å². The summed E-state index contributed by atoms with van der Waals surface area (Å²) in [7, 11) is -19.8. The molecule has 63 heavy (non-hydrogen) atoms. The van der Waals surface area contributed by atoms with Crippen LogP contribution in [0.4, 0.5) is 0 Å². The molecular weight excluding hydrogens is 1030 g/mol. The average Bonchev–Trinajstić information content (AvgIpc) is 2.93. The van der Waals surface area contributed by atoms with Crippen LogP contribution >= 0.6 is 0 Å². The van der Waals surface area contributed by atoms with E-state index in [1.165, 1.54) is 0 Å². The Morgan fingerprint density at radius 1 is 0.302 bits per heavy atom. The third-order valence-electron chi connectivity index (χ3n) is 8.15. The van der Waals surface area contributed by atoms with E-state index in [1.54, 1.807) is 0 Å². The molecule has 0 radical (unpaired) electrons. The first-order valence-electron chi connectivity index (χ1n) is 18.8. The molecule has 2 aliphatic rings. The van der Waals surface area contributed by atoms with Crippen LogP contribution in [0.2, 0.25) is 0 Å². The molecule has 0 aromatic carbocycles. The van der Waals surface area contributed by atoms with Crippen molar-refractivity contribution in [2.24, 2.45) is 0 Å². The van der Waals surface area contributed by atoms with Gasteiger partial charge in [-0.15, -0.1) is 41.0 Å². The molecule has 2 fully saturated rings. The molecule has 25 nitrogen and oxygen atoms in total. The van der Waals surface area contributed by atoms with Gasteiger partial charge in [0.1, 0.15) is 0 Å². The Morgan fingerprint density at radius 2 is 0.413 bits per heavy atom. The van der Waals surface area contributed by atoms with E-state index in [-0.39, 0.29) is 60.6 Å². The minimum absolute atomic E-state index is 0. The van der Waals surface area contributed by atoms with Gasteiger partial charge >= 0.3 is 33.0 Å². The Bertz CT molecular complexity index is 887. The second kappa shape index (κ2) is 37.0. The fourth-order valence-corrected chi connectivity index (χ4v) is 6.52. The number of hydrogen-bond donors (Lipinski definition) is 8. The molecule has 0 spiro atoms. The van der Waals surface area contributed by atoms with Gasteiger partial charge in [0.25, 0.3) is 0 Å². The standard InChI is InChI=1S/2C16H36N4.4ClHO4.2Ni.H2O/c2*1-13-11-15(3,4)19-9-10-20-16(5,6)12-14(2)18-8-7-17-13;4*2-1(3,4)5;;;/h2*13-14,17-20H,7-12H2,1-6H3;4*(H,2,3,4,5);;;1H2/q;;;;;;2*+2;/p-4/t13-,14+;13-,14-;;;;;;;/m.0......./s1. The van der Waals surface area contributed by atoms with Crippen LogP contribution in [0, 0.1) is 41.0 Å². The SMILES string of the molecule is C[C@@H]1CC(C)(C)NCCNC(C)(C)C[C@H](C)NCCN1.C[C@H]1CC(C)(C)NCCNC(C)(C)C[C@H](C)NCCN1.O.[Ni+2].[Ni+2].[O-][Cl+3]([O-])([O-])[O-].[O-][Cl+3]([O-])([O-])[O-].[O-][Cl+3]([O-])([O-])[O-].[O-][Cl+3]([O-])([O-])[O-]. The number of nitrogens with one attached hydrogen (secondary N) is 8. The third-order valence-corrected chi connectivity index (χ3v) is 8.15. The van der Waals surface area contributed by atoms with Crippen molar-refractivity contribution in [1.82, 2.24) is 42.5 Å². The maximum Gasteiger partial charge on any atom is 2.00 e. The Balaban J connectivity index is -0.000000135. The van der Waals surface area contributed by atoms with Gasteiger partial charge < -0.3 is 48.0 Å². The minimum Gasteiger partial charge on any atom is -0.412 e. The molecule has 4 atom stereocenters. The van der Waals surface area contributed by atoms with Gasteiger partial charge in [-0.3, -0.25) is 0 Å². The summed E-state index contributed by atoms with van der Waals surface area (Å²) in [6.45, 7) is 35.7. The molecule has 2 aliphatic heterocycles. The largest absolute Gasteiger partial charge is 2.00 e. The summed E-state index contributed by atoms with van der Waals surface area (Å²) in [6, 6.07) is 2.17. The summed E-state index contributed by atoms with van der Waals surface area (Å²) < 4.78 is 136. The van der Waals surface area contributed by atoms with Crippen molar-refractivity contribution in [2.45, 2.75) is 155 Å². The van der Waals surface area contributed by atoms with Gasteiger partial charge in [0.05, 0.1) is 0 Å². The Kier molecular flexibility index (Phi) is 46.0. The molecule has 2 rings (SSSR count). The third kappa shape index (κ3) is 83.6. The predicted octanol–water partition coefficient (Wildman–Crippen LogP) is -16.9. The van der Waals surface area contributed by atoms with Crippen LogP contribution in [0.25, 0.3) is 0 Å². The van der Waals surface area contributed by atoms with Gasteiger partial charge in [0, 0.05) is 98.7 Å². The normalized spacial score (nSPS) is 25.0. The van der Waals surface area contributed by atoms with E-state index in [0.717, 1.165) is 78.0 Å². The first kappa shape index (κ1) is 78.3. The van der Waals surface area contributed by atoms with Crippen LogP contribution in [0.15, 0.2) is 0 Å². The van der Waals surface area contributed by atoms with E-state index >= 15 is 0 Å². The Hall–Kier alpha value is 1.15. The van der Waals surface area contributed by atoms with E-state index in [4.69, 9.17) is 74.5 Å². The van der Waals surface area contributed by atoms with Crippen LogP contribution < -0.4 is 117 Å². The molecule has 2 heterocycles. The summed E-state index contributed by atoms with van der Waals surface area (Å²) >= 11 is 0. The average molecular weight is 1100 g/mol. The van der Waals surface area contributed by atoms with Crippen LogP contribution in [0.5, 0.6) is 0 Å². The number of hydrogen-bond acceptors (Lipinski definition) is 24. The minimum atomic E-state index is -4.94. The zero-order chi connectivity index (χ0) is 48.5. The number of rotatable bonds is 0. The van der Waals surface area contributed by atoms with Crippen molar-refractivity contribution in [1.29, 1.82) is 0 Å². The van der Waals surface area contributed by atoms with Gasteiger partial charge in [-0.2, -0.15) is 0 Å². The monoisotopic (exact) mass is 1100 g/mol. The molecule has 392 valence electrons. The Morgan fingerprint density at radius 3 is 0.524 bits per heavy atom. The Labute approximate surface area is 402 Å². The molecule has 0 bridgehead atoms. The summed E-state index contributed by atoms with van der Waals surface area (Å²) in [5.74, 6) is 0. The van der Waals surface area contributed by atoms with Gasteiger partial charge in [0.15, 0.2) is 0 Å². The summed E-state index contributed by atoms with van der Waals surface area (Å²) in [4.78, 5) is 0. The summed E-state index contributed by atoms with van der Waals surface area (Å²) in [5.41, 5.74) is 0.734. The van der Waals surface area contributed by atoms with Crippen LogP contribution in [0.1, 0.15) is 109 Å². The maximum absolute atomic E-state index is 8.49. The zero-order valence-corrected chi connectivity index (χ0v) is 43.0. The quantitative estimate of drug-likeness (QED) is 0.104. The molecular formula is C32H74Cl4N8Ni2O17. The van der Waals surface area contributed by atoms with Gasteiger partial charge in [0.2, 0.25) is 0 Å².